The van der Waals surface area contributed by atoms with Gasteiger partial charge in [0.25, 0.3) is 10.0 Å². The molecule has 0 atom stereocenters. The molecule has 2 N–H and O–H groups in total. The van der Waals surface area contributed by atoms with Gasteiger partial charge >= 0.3 is 5.97 Å². The first kappa shape index (κ1) is 16.2. The highest BCUT2D eigenvalue weighted by molar-refractivity contribution is 9.10. The average Bonchev–Trinajstić information content (AvgIpc) is 2.84. The first-order valence-electron chi connectivity index (χ1n) is 5.21. The molecule has 0 bridgehead atoms. The summed E-state index contributed by atoms with van der Waals surface area (Å²) in [6, 6.07) is 4.96. The molecule has 0 saturated carbocycles. The number of anilines is 1. The largest absolute Gasteiger partial charge is 0.475 e. The minimum Gasteiger partial charge on any atom is -0.475 e. The van der Waals surface area contributed by atoms with Crippen LogP contribution in [0.4, 0.5) is 5.69 Å². The number of carbonyl (C=O) groups is 1. The van der Waals surface area contributed by atoms with Crippen LogP contribution in [0.1, 0.15) is 10.6 Å². The van der Waals surface area contributed by atoms with Crippen LogP contribution in [-0.2, 0) is 10.0 Å². The summed E-state index contributed by atoms with van der Waals surface area (Å²) in [7, 11) is -4.15. The second-order valence-corrected chi connectivity index (χ2v) is 7.12. The summed E-state index contributed by atoms with van der Waals surface area (Å²) < 4.78 is 31.7. The van der Waals surface area contributed by atoms with Crippen molar-refractivity contribution in [1.82, 2.24) is 0 Å². The van der Waals surface area contributed by atoms with Gasteiger partial charge in [0.1, 0.15) is 0 Å². The molecule has 2 aromatic rings. The Kier molecular flexibility index (Phi) is 4.52. The van der Waals surface area contributed by atoms with Gasteiger partial charge in [0.2, 0.25) is 10.9 Å². The van der Waals surface area contributed by atoms with Crippen molar-refractivity contribution >= 4 is 60.8 Å². The van der Waals surface area contributed by atoms with Crippen LogP contribution in [0, 0.1) is 0 Å². The van der Waals surface area contributed by atoms with Crippen LogP contribution < -0.4 is 4.72 Å². The Labute approximate surface area is 137 Å². The number of benzene rings is 1. The Morgan fingerprint density at radius 2 is 1.81 bits per heavy atom. The number of sulfonamides is 1. The van der Waals surface area contributed by atoms with Gasteiger partial charge in [0, 0.05) is 4.47 Å². The molecular weight excluding hydrogens is 409 g/mol. The Hall–Kier alpha value is -1.22. The molecule has 1 aromatic carbocycles. The lowest BCUT2D eigenvalue weighted by molar-refractivity contribution is 0.0656. The van der Waals surface area contributed by atoms with Gasteiger partial charge < -0.3 is 9.52 Å². The summed E-state index contributed by atoms with van der Waals surface area (Å²) in [5, 5.41) is 8.30. The maximum Gasteiger partial charge on any atom is 0.371 e. The van der Waals surface area contributed by atoms with Crippen LogP contribution >= 0.6 is 39.1 Å². The molecule has 6 nitrogen and oxygen atoms in total. The van der Waals surface area contributed by atoms with Gasteiger partial charge in [-0.3, -0.25) is 4.72 Å². The fraction of sp³-hybridized carbons (Fsp3) is 0. The van der Waals surface area contributed by atoms with E-state index in [1.165, 1.54) is 12.1 Å². The van der Waals surface area contributed by atoms with Crippen molar-refractivity contribution in [3.63, 3.8) is 0 Å². The third-order valence-electron chi connectivity index (χ3n) is 2.30. The molecule has 0 radical (unpaired) electrons. The second-order valence-electron chi connectivity index (χ2n) is 3.77. The first-order chi connectivity index (χ1) is 9.70. The standard InChI is InChI=1S/C11H6BrCl2NO5S/c12-5-3-6(13)10(7(14)4-5)15-21(18,19)9-2-1-8(20-9)11(16)17/h1-4,15H,(H,16,17). The van der Waals surface area contributed by atoms with Crippen molar-refractivity contribution in [2.75, 3.05) is 4.72 Å². The molecule has 21 heavy (non-hydrogen) atoms. The van der Waals surface area contributed by atoms with Crippen molar-refractivity contribution in [3.05, 3.63) is 44.5 Å². The molecule has 0 unspecified atom stereocenters. The summed E-state index contributed by atoms with van der Waals surface area (Å²) in [6.07, 6.45) is 0. The third-order valence-corrected chi connectivity index (χ3v) is 4.58. The van der Waals surface area contributed by atoms with Gasteiger partial charge in [-0.2, -0.15) is 8.42 Å². The van der Waals surface area contributed by atoms with Gasteiger partial charge in [0.05, 0.1) is 15.7 Å². The minimum atomic E-state index is -4.15. The van der Waals surface area contributed by atoms with Crippen molar-refractivity contribution in [3.8, 4) is 0 Å². The Morgan fingerprint density at radius 3 is 2.29 bits per heavy atom. The minimum absolute atomic E-state index is 0.0326. The van der Waals surface area contributed by atoms with Crippen LogP contribution in [0.15, 0.2) is 38.2 Å². The molecule has 0 aliphatic carbocycles. The maximum absolute atomic E-state index is 12.1. The summed E-state index contributed by atoms with van der Waals surface area (Å²) in [4.78, 5) is 10.7. The van der Waals surface area contributed by atoms with E-state index in [1.807, 2.05) is 0 Å². The molecule has 0 aliphatic heterocycles. The van der Waals surface area contributed by atoms with Crippen LogP contribution in [0.25, 0.3) is 0 Å². The number of carboxylic acids is 1. The Bertz CT molecular complexity index is 795. The molecule has 112 valence electrons. The summed E-state index contributed by atoms with van der Waals surface area (Å²) in [5.74, 6) is -1.88. The second kappa shape index (κ2) is 5.88. The highest BCUT2D eigenvalue weighted by Crippen LogP contribution is 2.35. The van der Waals surface area contributed by atoms with Gasteiger partial charge in [-0.25, -0.2) is 4.79 Å². The molecule has 0 fully saturated rings. The zero-order chi connectivity index (χ0) is 15.8. The summed E-state index contributed by atoms with van der Waals surface area (Å²) >= 11 is 15.0. The molecular formula is C11H6BrCl2NO5S. The number of furan rings is 1. The lowest BCUT2D eigenvalue weighted by atomic mass is 10.3. The zero-order valence-electron chi connectivity index (χ0n) is 9.93. The van der Waals surface area contributed by atoms with Crippen LogP contribution in [0.2, 0.25) is 10.0 Å². The maximum atomic E-state index is 12.1. The first-order valence-corrected chi connectivity index (χ1v) is 8.24. The Balaban J connectivity index is 2.40. The SMILES string of the molecule is O=C(O)c1ccc(S(=O)(=O)Nc2c(Cl)cc(Br)cc2Cl)o1. The van der Waals surface area contributed by atoms with Crippen LogP contribution in [0.5, 0.6) is 0 Å². The number of halogens is 3. The number of aromatic carboxylic acids is 1. The predicted molar refractivity (Wildman–Crippen MR) is 80.6 cm³/mol. The summed E-state index contributed by atoms with van der Waals surface area (Å²) in [5.41, 5.74) is -0.0326. The number of hydrogen-bond donors (Lipinski definition) is 2. The number of rotatable bonds is 4. The van der Waals surface area contributed by atoms with Crippen LogP contribution in [0.3, 0.4) is 0 Å². The van der Waals surface area contributed by atoms with E-state index in [0.29, 0.717) is 4.47 Å². The topological polar surface area (TPSA) is 96.6 Å². The fourth-order valence-corrected chi connectivity index (χ4v) is 3.85. The van der Waals surface area contributed by atoms with E-state index in [2.05, 4.69) is 20.7 Å². The predicted octanol–water partition coefficient (Wildman–Crippen LogP) is 3.85. The highest BCUT2D eigenvalue weighted by Gasteiger charge is 2.23. The molecule has 0 saturated heterocycles. The quantitative estimate of drug-likeness (QED) is 0.791. The monoisotopic (exact) mass is 413 g/mol. The zero-order valence-corrected chi connectivity index (χ0v) is 13.8. The van der Waals surface area contributed by atoms with Gasteiger partial charge in [-0.05, 0) is 24.3 Å². The molecule has 1 aromatic heterocycles. The molecule has 0 aliphatic rings. The third kappa shape index (κ3) is 3.52. The lowest BCUT2D eigenvalue weighted by Gasteiger charge is -2.10. The van der Waals surface area contributed by atoms with E-state index in [0.717, 1.165) is 12.1 Å². The van der Waals surface area contributed by atoms with Gasteiger partial charge in [0.15, 0.2) is 0 Å². The van der Waals surface area contributed by atoms with E-state index in [1.54, 1.807) is 0 Å². The van der Waals surface area contributed by atoms with Crippen molar-refractivity contribution in [2.24, 2.45) is 0 Å². The summed E-state index contributed by atoms with van der Waals surface area (Å²) in [6.45, 7) is 0. The molecule has 2 rings (SSSR count). The molecule has 10 heteroatoms. The molecule has 1 heterocycles. The van der Waals surface area contributed by atoms with Crippen LogP contribution in [-0.4, -0.2) is 19.5 Å². The number of nitrogens with one attached hydrogen (secondary N) is 1. The number of carboxylic acid groups (broad SMARTS) is 1. The van der Waals surface area contributed by atoms with Crippen molar-refractivity contribution in [2.45, 2.75) is 5.09 Å². The molecule has 0 amide bonds. The van der Waals surface area contributed by atoms with Crippen molar-refractivity contribution in [1.29, 1.82) is 0 Å². The number of hydrogen-bond acceptors (Lipinski definition) is 4. The van der Waals surface area contributed by atoms with E-state index in [-0.39, 0.29) is 15.7 Å². The van der Waals surface area contributed by atoms with Crippen molar-refractivity contribution < 1.29 is 22.7 Å². The lowest BCUT2D eigenvalue weighted by Crippen LogP contribution is -2.13. The van der Waals surface area contributed by atoms with Gasteiger partial charge in [-0.15, -0.1) is 0 Å². The van der Waals surface area contributed by atoms with E-state index in [4.69, 9.17) is 32.7 Å². The van der Waals surface area contributed by atoms with Gasteiger partial charge in [-0.1, -0.05) is 39.1 Å². The van der Waals surface area contributed by atoms with E-state index in [9.17, 15) is 13.2 Å². The van der Waals surface area contributed by atoms with E-state index >= 15 is 0 Å². The highest BCUT2D eigenvalue weighted by atomic mass is 79.9. The Morgan fingerprint density at radius 1 is 1.24 bits per heavy atom. The average molecular weight is 415 g/mol. The van der Waals surface area contributed by atoms with E-state index < -0.39 is 26.8 Å². The molecule has 0 spiro atoms. The normalized spacial score (nSPS) is 11.4. The smallest absolute Gasteiger partial charge is 0.371 e. The fourth-order valence-electron chi connectivity index (χ4n) is 1.40.